The molecule has 0 radical (unpaired) electrons. The lowest BCUT2D eigenvalue weighted by molar-refractivity contribution is -0.141. The van der Waals surface area contributed by atoms with Gasteiger partial charge in [0, 0.05) is 18.5 Å². The number of esters is 1. The first-order chi connectivity index (χ1) is 8.88. The number of amides is 2. The fourth-order valence-corrected chi connectivity index (χ4v) is 1.79. The van der Waals surface area contributed by atoms with Crippen molar-refractivity contribution in [1.82, 2.24) is 10.6 Å². The average Bonchev–Trinajstić information content (AvgIpc) is 2.27. The Morgan fingerprint density at radius 3 is 2.32 bits per heavy atom. The molecule has 6 nitrogen and oxygen atoms in total. The lowest BCUT2D eigenvalue weighted by Gasteiger charge is -2.20. The first-order valence-electron chi connectivity index (χ1n) is 6.44. The summed E-state index contributed by atoms with van der Waals surface area (Å²) in [6, 6.07) is -0.460. The van der Waals surface area contributed by atoms with Crippen molar-refractivity contribution in [2.45, 2.75) is 52.1 Å². The third kappa shape index (κ3) is 9.04. The number of hydrogen-bond acceptors (Lipinski definition) is 4. The van der Waals surface area contributed by atoms with Crippen LogP contribution in [0.15, 0.2) is 0 Å². The minimum absolute atomic E-state index is 0.163. The molecule has 0 aromatic rings. The Labute approximate surface area is 114 Å². The van der Waals surface area contributed by atoms with Crippen molar-refractivity contribution in [2.24, 2.45) is 5.92 Å². The summed E-state index contributed by atoms with van der Waals surface area (Å²) >= 11 is 0. The van der Waals surface area contributed by atoms with E-state index in [1.807, 2.05) is 13.8 Å². The van der Waals surface area contributed by atoms with Crippen LogP contribution in [0.4, 0.5) is 0 Å². The van der Waals surface area contributed by atoms with Crippen LogP contribution in [0, 0.1) is 5.92 Å². The van der Waals surface area contributed by atoms with E-state index in [4.69, 9.17) is 0 Å². The zero-order valence-corrected chi connectivity index (χ0v) is 12.1. The highest BCUT2D eigenvalue weighted by Crippen LogP contribution is 2.09. The van der Waals surface area contributed by atoms with Crippen LogP contribution in [0.5, 0.6) is 0 Å². The molecule has 2 N–H and O–H groups in total. The van der Waals surface area contributed by atoms with E-state index in [1.54, 1.807) is 6.92 Å². The predicted molar refractivity (Wildman–Crippen MR) is 71.3 cm³/mol. The van der Waals surface area contributed by atoms with Crippen LogP contribution in [-0.4, -0.2) is 37.5 Å². The molecule has 0 rings (SSSR count). The van der Waals surface area contributed by atoms with Gasteiger partial charge < -0.3 is 15.4 Å². The van der Waals surface area contributed by atoms with Crippen molar-refractivity contribution in [1.29, 1.82) is 0 Å². The lowest BCUT2D eigenvalue weighted by atomic mass is 10.0. The Balaban J connectivity index is 4.33. The first kappa shape index (κ1) is 17.4. The number of nitrogens with one attached hydrogen (secondary N) is 2. The molecule has 0 aromatic heterocycles. The van der Waals surface area contributed by atoms with E-state index < -0.39 is 0 Å². The number of methoxy groups -OCH3 is 1. The number of carbonyl (C=O) groups is 3. The van der Waals surface area contributed by atoms with E-state index in [1.165, 1.54) is 7.11 Å². The molecule has 110 valence electrons. The quantitative estimate of drug-likeness (QED) is 0.475. The van der Waals surface area contributed by atoms with Gasteiger partial charge in [-0.25, -0.2) is 0 Å². The van der Waals surface area contributed by atoms with Gasteiger partial charge in [0.2, 0.25) is 12.3 Å². The molecule has 6 heteroatoms. The Kier molecular flexibility index (Phi) is 8.57. The summed E-state index contributed by atoms with van der Waals surface area (Å²) in [6.45, 7) is 5.78. The van der Waals surface area contributed by atoms with E-state index in [-0.39, 0.29) is 36.8 Å². The molecule has 0 unspecified atom stereocenters. The summed E-state index contributed by atoms with van der Waals surface area (Å²) < 4.78 is 4.61. The number of rotatable bonds is 9. The van der Waals surface area contributed by atoms with E-state index in [0.29, 0.717) is 18.7 Å². The highest BCUT2D eigenvalue weighted by Gasteiger charge is 2.19. The summed E-state index contributed by atoms with van der Waals surface area (Å²) in [5, 5.41) is 5.32. The third-order valence-corrected chi connectivity index (χ3v) is 2.61. The van der Waals surface area contributed by atoms with E-state index in [2.05, 4.69) is 15.4 Å². The fourth-order valence-electron chi connectivity index (χ4n) is 1.79. The molecule has 0 heterocycles. The van der Waals surface area contributed by atoms with Gasteiger partial charge in [-0.05, 0) is 19.3 Å². The van der Waals surface area contributed by atoms with Crippen molar-refractivity contribution in [3.05, 3.63) is 0 Å². The molecule has 0 spiro atoms. The van der Waals surface area contributed by atoms with Crippen molar-refractivity contribution in [3.8, 4) is 0 Å². The summed E-state index contributed by atoms with van der Waals surface area (Å²) in [5.74, 6) is -0.165. The van der Waals surface area contributed by atoms with Crippen LogP contribution in [0.1, 0.15) is 40.0 Å². The SMILES string of the molecule is COC(=O)C[C@H](CC(C)C)NC(=O)C[C@H](C)NC=O. The molecule has 19 heavy (non-hydrogen) atoms. The Hall–Kier alpha value is -1.59. The monoisotopic (exact) mass is 272 g/mol. The second kappa shape index (κ2) is 9.35. The molecule has 0 saturated heterocycles. The molecular formula is C13H24N2O4. The van der Waals surface area contributed by atoms with Gasteiger partial charge in [-0.1, -0.05) is 13.8 Å². The number of hydrogen-bond donors (Lipinski definition) is 2. The molecule has 0 bridgehead atoms. The van der Waals surface area contributed by atoms with Gasteiger partial charge in [0.05, 0.1) is 13.5 Å². The maximum absolute atomic E-state index is 11.8. The van der Waals surface area contributed by atoms with Gasteiger partial charge in [-0.15, -0.1) is 0 Å². The molecule has 0 aromatic carbocycles. The predicted octanol–water partition coefficient (Wildman–Crippen LogP) is 0.605. The summed E-state index contributed by atoms with van der Waals surface area (Å²) in [6.07, 6.45) is 1.62. The zero-order valence-electron chi connectivity index (χ0n) is 12.1. The van der Waals surface area contributed by atoms with Gasteiger partial charge in [0.1, 0.15) is 0 Å². The maximum atomic E-state index is 11.8. The van der Waals surface area contributed by atoms with E-state index in [0.717, 1.165) is 0 Å². The van der Waals surface area contributed by atoms with E-state index >= 15 is 0 Å². The minimum atomic E-state index is -0.343. The first-order valence-corrected chi connectivity index (χ1v) is 6.44. The Morgan fingerprint density at radius 2 is 1.84 bits per heavy atom. The molecule has 0 aliphatic rings. The minimum Gasteiger partial charge on any atom is -0.469 e. The Morgan fingerprint density at radius 1 is 1.21 bits per heavy atom. The Bertz CT molecular complexity index is 305. The molecule has 0 aliphatic heterocycles. The summed E-state index contributed by atoms with van der Waals surface area (Å²) in [5.41, 5.74) is 0. The van der Waals surface area contributed by atoms with Crippen LogP contribution in [0.3, 0.4) is 0 Å². The standard InChI is InChI=1S/C13H24N2O4/c1-9(2)5-11(7-13(18)19-4)15-12(17)6-10(3)14-8-16/h8-11H,5-7H2,1-4H3,(H,14,16)(H,15,17)/t10-,11-/m0/s1. The van der Waals surface area contributed by atoms with Crippen LogP contribution in [-0.2, 0) is 19.1 Å². The topological polar surface area (TPSA) is 84.5 Å². The molecule has 2 atom stereocenters. The maximum Gasteiger partial charge on any atom is 0.307 e. The van der Waals surface area contributed by atoms with Gasteiger partial charge in [-0.2, -0.15) is 0 Å². The second-order valence-corrected chi connectivity index (χ2v) is 5.06. The van der Waals surface area contributed by atoms with Gasteiger partial charge >= 0.3 is 5.97 Å². The highest BCUT2D eigenvalue weighted by molar-refractivity contribution is 5.78. The smallest absolute Gasteiger partial charge is 0.307 e. The third-order valence-electron chi connectivity index (χ3n) is 2.61. The van der Waals surface area contributed by atoms with Crippen LogP contribution in [0.2, 0.25) is 0 Å². The normalized spacial score (nSPS) is 13.5. The van der Waals surface area contributed by atoms with Crippen LogP contribution >= 0.6 is 0 Å². The van der Waals surface area contributed by atoms with Crippen molar-refractivity contribution >= 4 is 18.3 Å². The number of carbonyl (C=O) groups excluding carboxylic acids is 3. The molecular weight excluding hydrogens is 248 g/mol. The second-order valence-electron chi connectivity index (χ2n) is 5.06. The van der Waals surface area contributed by atoms with Crippen molar-refractivity contribution < 1.29 is 19.1 Å². The summed E-state index contributed by atoms with van der Waals surface area (Å²) in [7, 11) is 1.33. The summed E-state index contributed by atoms with van der Waals surface area (Å²) in [4.78, 5) is 33.3. The molecule has 0 saturated carbocycles. The highest BCUT2D eigenvalue weighted by atomic mass is 16.5. The van der Waals surface area contributed by atoms with Crippen molar-refractivity contribution in [2.75, 3.05) is 7.11 Å². The van der Waals surface area contributed by atoms with Gasteiger partial charge in [0.25, 0.3) is 0 Å². The largest absolute Gasteiger partial charge is 0.469 e. The van der Waals surface area contributed by atoms with Gasteiger partial charge in [-0.3, -0.25) is 14.4 Å². The van der Waals surface area contributed by atoms with Crippen molar-refractivity contribution in [3.63, 3.8) is 0 Å². The average molecular weight is 272 g/mol. The molecule has 0 fully saturated rings. The zero-order chi connectivity index (χ0) is 14.8. The van der Waals surface area contributed by atoms with E-state index in [9.17, 15) is 14.4 Å². The fraction of sp³-hybridized carbons (Fsp3) is 0.769. The lowest BCUT2D eigenvalue weighted by Crippen LogP contribution is -2.40. The molecule has 2 amide bonds. The van der Waals surface area contributed by atoms with Crippen LogP contribution in [0.25, 0.3) is 0 Å². The molecule has 0 aliphatic carbocycles. The number of ether oxygens (including phenoxy) is 1. The van der Waals surface area contributed by atoms with Gasteiger partial charge in [0.15, 0.2) is 0 Å². The van der Waals surface area contributed by atoms with Crippen LogP contribution < -0.4 is 10.6 Å².